The zero-order valence-corrected chi connectivity index (χ0v) is 14.2. The first-order chi connectivity index (χ1) is 13.3. The van der Waals surface area contributed by atoms with Crippen molar-refractivity contribution in [2.75, 3.05) is 0 Å². The minimum absolute atomic E-state index is 0.0769. The van der Waals surface area contributed by atoms with Crippen molar-refractivity contribution < 1.29 is 14.2 Å². The molecule has 0 amide bonds. The molecule has 6 heteroatoms. The zero-order chi connectivity index (χ0) is 18.3. The lowest BCUT2D eigenvalue weighted by Gasteiger charge is -2.09. The maximum Gasteiger partial charge on any atom is 0.331 e. The van der Waals surface area contributed by atoms with Crippen molar-refractivity contribution >= 4 is 0 Å². The Labute approximate surface area is 156 Å². The van der Waals surface area contributed by atoms with E-state index < -0.39 is 0 Å². The van der Waals surface area contributed by atoms with Gasteiger partial charge in [-0.3, -0.25) is 0 Å². The highest BCUT2D eigenvalue weighted by atomic mass is 16.5. The van der Waals surface area contributed by atoms with E-state index in [1.54, 1.807) is 36.4 Å². The van der Waals surface area contributed by atoms with E-state index in [1.807, 2.05) is 54.6 Å². The Morgan fingerprint density at radius 1 is 0.370 bits per heavy atom. The van der Waals surface area contributed by atoms with E-state index >= 15 is 0 Å². The topological polar surface area (TPSA) is 66.4 Å². The fraction of sp³-hybridized carbons (Fsp3) is 0. The lowest BCUT2D eigenvalue weighted by Crippen LogP contribution is -2.01. The minimum Gasteiger partial charge on any atom is -0.424 e. The molecule has 0 fully saturated rings. The summed E-state index contributed by atoms with van der Waals surface area (Å²) in [6.45, 7) is 0. The molecule has 132 valence electrons. The van der Waals surface area contributed by atoms with Gasteiger partial charge in [0.15, 0.2) is 0 Å². The van der Waals surface area contributed by atoms with E-state index in [0.29, 0.717) is 17.2 Å². The number of hydrogen-bond donors (Lipinski definition) is 0. The van der Waals surface area contributed by atoms with Crippen LogP contribution in [0, 0.1) is 0 Å². The van der Waals surface area contributed by atoms with Crippen LogP contribution in [-0.2, 0) is 0 Å². The Morgan fingerprint density at radius 2 is 0.630 bits per heavy atom. The number of para-hydroxylation sites is 3. The fourth-order valence-corrected chi connectivity index (χ4v) is 2.24. The van der Waals surface area contributed by atoms with E-state index in [0.717, 1.165) is 0 Å². The van der Waals surface area contributed by atoms with Gasteiger partial charge >= 0.3 is 18.0 Å². The molecule has 3 aromatic carbocycles. The molecule has 1 heterocycles. The van der Waals surface area contributed by atoms with E-state index in [-0.39, 0.29) is 18.0 Å². The van der Waals surface area contributed by atoms with Crippen LogP contribution in [0.2, 0.25) is 0 Å². The van der Waals surface area contributed by atoms with Crippen molar-refractivity contribution in [3.63, 3.8) is 0 Å². The summed E-state index contributed by atoms with van der Waals surface area (Å²) in [4.78, 5) is 12.7. The van der Waals surface area contributed by atoms with Crippen LogP contribution in [-0.4, -0.2) is 15.0 Å². The summed E-state index contributed by atoms with van der Waals surface area (Å²) in [6, 6.07) is 27.9. The fourth-order valence-electron chi connectivity index (χ4n) is 2.24. The van der Waals surface area contributed by atoms with E-state index in [4.69, 9.17) is 14.2 Å². The predicted octanol–water partition coefficient (Wildman–Crippen LogP) is 5.25. The van der Waals surface area contributed by atoms with Crippen LogP contribution >= 0.6 is 0 Å². The molecule has 0 N–H and O–H groups in total. The Kier molecular flexibility index (Phi) is 4.88. The smallest absolute Gasteiger partial charge is 0.331 e. The molecule has 4 rings (SSSR count). The molecule has 0 atom stereocenters. The maximum atomic E-state index is 5.71. The Morgan fingerprint density at radius 3 is 0.889 bits per heavy atom. The number of benzene rings is 3. The molecule has 0 aliphatic carbocycles. The van der Waals surface area contributed by atoms with Crippen molar-refractivity contribution in [1.82, 2.24) is 15.0 Å². The van der Waals surface area contributed by atoms with Gasteiger partial charge in [-0.25, -0.2) is 0 Å². The summed E-state index contributed by atoms with van der Waals surface area (Å²) in [5.74, 6) is 1.79. The third-order valence-electron chi connectivity index (χ3n) is 3.43. The van der Waals surface area contributed by atoms with Gasteiger partial charge < -0.3 is 14.2 Å². The van der Waals surface area contributed by atoms with Gasteiger partial charge in [0.25, 0.3) is 0 Å². The molecule has 0 unspecified atom stereocenters. The summed E-state index contributed by atoms with van der Waals surface area (Å²) >= 11 is 0. The Bertz CT molecular complexity index is 852. The summed E-state index contributed by atoms with van der Waals surface area (Å²) < 4.78 is 17.1. The molecule has 6 nitrogen and oxygen atoms in total. The molecule has 0 bridgehead atoms. The lowest BCUT2D eigenvalue weighted by molar-refractivity contribution is 0.362. The van der Waals surface area contributed by atoms with Gasteiger partial charge in [-0.1, -0.05) is 54.6 Å². The third kappa shape index (κ3) is 4.58. The number of nitrogens with zero attached hydrogens (tertiary/aromatic N) is 3. The van der Waals surface area contributed by atoms with Crippen LogP contribution in [0.15, 0.2) is 91.0 Å². The van der Waals surface area contributed by atoms with Crippen LogP contribution in [0.25, 0.3) is 0 Å². The zero-order valence-electron chi connectivity index (χ0n) is 14.2. The van der Waals surface area contributed by atoms with Crippen LogP contribution in [0.4, 0.5) is 0 Å². The predicted molar refractivity (Wildman–Crippen MR) is 99.4 cm³/mol. The highest BCUT2D eigenvalue weighted by Crippen LogP contribution is 2.26. The van der Waals surface area contributed by atoms with Crippen molar-refractivity contribution in [3.8, 4) is 35.3 Å². The SMILES string of the molecule is c1ccc(Oc2nc(Oc3ccccc3)nc(Oc3ccccc3)n2)cc1. The molecule has 0 aliphatic heterocycles. The van der Waals surface area contributed by atoms with Gasteiger partial charge in [-0.2, -0.15) is 0 Å². The van der Waals surface area contributed by atoms with E-state index in [2.05, 4.69) is 15.0 Å². The molecular formula is C21H15N3O3. The van der Waals surface area contributed by atoms with Crippen LogP contribution in [0.1, 0.15) is 0 Å². The second-order valence-electron chi connectivity index (χ2n) is 5.43. The summed E-state index contributed by atoms with van der Waals surface area (Å²) in [5, 5.41) is 0. The second kappa shape index (κ2) is 7.97. The van der Waals surface area contributed by atoms with Gasteiger partial charge in [-0.15, -0.1) is 15.0 Å². The first-order valence-corrected chi connectivity index (χ1v) is 8.30. The number of hydrogen-bond acceptors (Lipinski definition) is 6. The normalized spacial score (nSPS) is 10.2. The van der Waals surface area contributed by atoms with Gasteiger partial charge in [0.05, 0.1) is 0 Å². The van der Waals surface area contributed by atoms with Crippen molar-refractivity contribution in [2.45, 2.75) is 0 Å². The standard InChI is InChI=1S/C21H15N3O3/c1-4-10-16(11-5-1)25-19-22-20(26-17-12-6-2-7-13-17)24-21(23-19)27-18-14-8-3-9-15-18/h1-15H. The summed E-state index contributed by atoms with van der Waals surface area (Å²) in [6.07, 6.45) is 0. The summed E-state index contributed by atoms with van der Waals surface area (Å²) in [5.41, 5.74) is 0. The Balaban J connectivity index is 1.64. The van der Waals surface area contributed by atoms with Crippen LogP contribution < -0.4 is 14.2 Å². The average molecular weight is 357 g/mol. The van der Waals surface area contributed by atoms with Crippen LogP contribution in [0.3, 0.4) is 0 Å². The van der Waals surface area contributed by atoms with Crippen molar-refractivity contribution in [1.29, 1.82) is 0 Å². The molecule has 1 aromatic heterocycles. The molecule has 0 saturated heterocycles. The molecule has 27 heavy (non-hydrogen) atoms. The van der Waals surface area contributed by atoms with Crippen molar-refractivity contribution in [2.24, 2.45) is 0 Å². The molecule has 0 aliphatic rings. The lowest BCUT2D eigenvalue weighted by atomic mass is 10.3. The van der Waals surface area contributed by atoms with Crippen molar-refractivity contribution in [3.05, 3.63) is 91.0 Å². The molecule has 0 radical (unpaired) electrons. The highest BCUT2D eigenvalue weighted by Gasteiger charge is 2.12. The molecule has 4 aromatic rings. The number of ether oxygens (including phenoxy) is 3. The second-order valence-corrected chi connectivity index (χ2v) is 5.43. The first kappa shape index (κ1) is 16.5. The summed E-state index contributed by atoms with van der Waals surface area (Å²) in [7, 11) is 0. The van der Waals surface area contributed by atoms with Gasteiger partial charge in [0.2, 0.25) is 0 Å². The number of rotatable bonds is 6. The number of aromatic nitrogens is 3. The third-order valence-corrected chi connectivity index (χ3v) is 3.43. The van der Waals surface area contributed by atoms with Gasteiger partial charge in [-0.05, 0) is 36.4 Å². The van der Waals surface area contributed by atoms with E-state index in [9.17, 15) is 0 Å². The van der Waals surface area contributed by atoms with Gasteiger partial charge in [0, 0.05) is 0 Å². The Hall–Kier alpha value is -3.93. The van der Waals surface area contributed by atoms with Gasteiger partial charge in [0.1, 0.15) is 17.2 Å². The largest absolute Gasteiger partial charge is 0.424 e. The van der Waals surface area contributed by atoms with Crippen LogP contribution in [0.5, 0.6) is 35.3 Å². The molecular weight excluding hydrogens is 342 g/mol. The first-order valence-electron chi connectivity index (χ1n) is 8.30. The molecule has 0 spiro atoms. The van der Waals surface area contributed by atoms with E-state index in [1.165, 1.54) is 0 Å². The average Bonchev–Trinajstić information content (AvgIpc) is 2.70. The highest BCUT2D eigenvalue weighted by molar-refractivity contribution is 5.29. The molecule has 0 saturated carbocycles. The monoisotopic (exact) mass is 357 g/mol. The quantitative estimate of drug-likeness (QED) is 0.470. The minimum atomic E-state index is 0.0769. The maximum absolute atomic E-state index is 5.71.